The van der Waals surface area contributed by atoms with Gasteiger partial charge in [0.25, 0.3) is 5.91 Å². The van der Waals surface area contributed by atoms with Gasteiger partial charge in [0.2, 0.25) is 5.75 Å². The van der Waals surface area contributed by atoms with Crippen molar-refractivity contribution in [3.63, 3.8) is 0 Å². The normalized spacial score (nSPS) is 10.9. The summed E-state index contributed by atoms with van der Waals surface area (Å²) in [5, 5.41) is 6.73. The van der Waals surface area contributed by atoms with E-state index in [1.54, 1.807) is 38.2 Å². The average molecular weight is 389 g/mol. The second kappa shape index (κ2) is 10.0. The van der Waals surface area contributed by atoms with E-state index in [2.05, 4.69) is 10.4 Å². The lowest BCUT2D eigenvalue weighted by molar-refractivity contribution is -0.137. The molecule has 0 unspecified atom stereocenters. The summed E-state index contributed by atoms with van der Waals surface area (Å²) in [6.45, 7) is 3.59. The van der Waals surface area contributed by atoms with Crippen LogP contribution in [-0.2, 0) is 16.3 Å². The topological polar surface area (TPSA) is 101 Å². The fourth-order valence-corrected chi connectivity index (χ4v) is 2.28. The van der Waals surface area contributed by atoms with Crippen LogP contribution >= 0.6 is 0 Å². The zero-order valence-corrected chi connectivity index (χ0v) is 16.2. The first-order valence-corrected chi connectivity index (χ1v) is 8.52. The van der Waals surface area contributed by atoms with Crippen molar-refractivity contribution in [3.05, 3.63) is 47.9 Å². The van der Waals surface area contributed by atoms with Gasteiger partial charge in [-0.25, -0.2) is 9.48 Å². The van der Waals surface area contributed by atoms with E-state index < -0.39 is 11.9 Å². The van der Waals surface area contributed by atoms with E-state index in [1.807, 2.05) is 0 Å². The fourth-order valence-electron chi connectivity index (χ4n) is 2.28. The molecule has 1 aromatic heterocycles. The van der Waals surface area contributed by atoms with E-state index in [4.69, 9.17) is 18.9 Å². The molecule has 0 saturated carbocycles. The third kappa shape index (κ3) is 5.50. The Labute approximate surface area is 162 Å². The van der Waals surface area contributed by atoms with Crippen molar-refractivity contribution in [3.8, 4) is 17.2 Å². The molecule has 28 heavy (non-hydrogen) atoms. The molecule has 0 bridgehead atoms. The molecule has 0 spiro atoms. The summed E-state index contributed by atoms with van der Waals surface area (Å²) < 4.78 is 22.5. The highest BCUT2D eigenvalue weighted by Crippen LogP contribution is 2.36. The number of hydrogen-bond acceptors (Lipinski definition) is 7. The van der Waals surface area contributed by atoms with Gasteiger partial charge < -0.3 is 24.3 Å². The molecule has 0 radical (unpaired) electrons. The summed E-state index contributed by atoms with van der Waals surface area (Å²) in [6, 6.07) is 6.82. The number of para-hydroxylation sites is 1. The number of aromatic nitrogens is 2. The number of ether oxygens (including phenoxy) is 4. The average Bonchev–Trinajstić information content (AvgIpc) is 3.15. The van der Waals surface area contributed by atoms with Crippen molar-refractivity contribution in [2.75, 3.05) is 20.8 Å². The van der Waals surface area contributed by atoms with Crippen LogP contribution in [0.5, 0.6) is 17.2 Å². The van der Waals surface area contributed by atoms with Crippen LogP contribution in [0, 0.1) is 0 Å². The molecule has 0 aliphatic heterocycles. The Morgan fingerprint density at radius 3 is 2.46 bits per heavy atom. The maximum absolute atomic E-state index is 12.2. The Hall–Kier alpha value is -3.49. The minimum Gasteiger partial charge on any atom is -0.493 e. The number of esters is 1. The van der Waals surface area contributed by atoms with Crippen molar-refractivity contribution < 1.29 is 28.5 Å². The van der Waals surface area contributed by atoms with Crippen molar-refractivity contribution >= 4 is 11.9 Å². The Balaban J connectivity index is 2.01. The number of allylic oxidation sites excluding steroid dienone is 1. The van der Waals surface area contributed by atoms with E-state index in [-0.39, 0.29) is 19.0 Å². The van der Waals surface area contributed by atoms with E-state index in [9.17, 15) is 9.59 Å². The van der Waals surface area contributed by atoms with E-state index in [0.717, 1.165) is 0 Å². The van der Waals surface area contributed by atoms with Crippen LogP contribution in [0.3, 0.4) is 0 Å². The monoisotopic (exact) mass is 389 g/mol. The lowest BCUT2D eigenvalue weighted by Crippen LogP contribution is -2.23. The first-order valence-electron chi connectivity index (χ1n) is 8.52. The Kier molecular flexibility index (Phi) is 7.44. The second-order valence-electron chi connectivity index (χ2n) is 5.54. The third-order valence-electron chi connectivity index (χ3n) is 3.53. The van der Waals surface area contributed by atoms with Gasteiger partial charge in [-0.15, -0.1) is 0 Å². The first-order chi connectivity index (χ1) is 13.5. The molecule has 150 valence electrons. The number of benzene rings is 1. The summed E-state index contributed by atoms with van der Waals surface area (Å²) in [5.41, 5.74) is 0.528. The number of hydrogen-bond donors (Lipinski definition) is 1. The summed E-state index contributed by atoms with van der Waals surface area (Å²) in [4.78, 5) is 23.6. The number of rotatable bonds is 9. The number of carbonyl (C=O) groups excluding carboxylic acids is 2. The molecular weight excluding hydrogens is 366 g/mol. The number of amides is 1. The maximum Gasteiger partial charge on any atom is 0.332 e. The minimum absolute atomic E-state index is 0.0433. The smallest absolute Gasteiger partial charge is 0.332 e. The van der Waals surface area contributed by atoms with Gasteiger partial charge in [0, 0.05) is 18.0 Å². The van der Waals surface area contributed by atoms with Gasteiger partial charge in [-0.3, -0.25) is 4.79 Å². The Morgan fingerprint density at radius 2 is 1.86 bits per heavy atom. The number of nitrogens with one attached hydrogen (secondary N) is 1. The van der Waals surface area contributed by atoms with Crippen LogP contribution in [0.1, 0.15) is 24.3 Å². The largest absolute Gasteiger partial charge is 0.493 e. The molecule has 0 fully saturated rings. The molecule has 0 saturated heterocycles. The highest BCUT2D eigenvalue weighted by molar-refractivity contribution is 5.94. The van der Waals surface area contributed by atoms with Crippen molar-refractivity contribution in [2.24, 2.45) is 0 Å². The molecule has 9 nitrogen and oxygen atoms in total. The van der Waals surface area contributed by atoms with Gasteiger partial charge in [0.05, 0.1) is 20.8 Å². The number of nitrogens with zero attached hydrogens (tertiary/aromatic N) is 2. The summed E-state index contributed by atoms with van der Waals surface area (Å²) in [7, 11) is 3.06. The van der Waals surface area contributed by atoms with E-state index in [1.165, 1.54) is 31.0 Å². The van der Waals surface area contributed by atoms with Crippen LogP contribution in [0.4, 0.5) is 0 Å². The van der Waals surface area contributed by atoms with Gasteiger partial charge >= 0.3 is 5.97 Å². The molecular formula is C19H23N3O6. The molecule has 2 aromatic rings. The van der Waals surface area contributed by atoms with Crippen LogP contribution in [-0.4, -0.2) is 42.5 Å². The molecule has 9 heteroatoms. The van der Waals surface area contributed by atoms with Crippen molar-refractivity contribution in [1.82, 2.24) is 15.1 Å². The SMILES string of the molecule is CCOC(=O)/C=C(\C)NC(=O)c1ccn(COc2c(OC)cccc2OC)n1. The lowest BCUT2D eigenvalue weighted by atomic mass is 10.3. The predicted molar refractivity (Wildman–Crippen MR) is 100 cm³/mol. The quantitative estimate of drug-likeness (QED) is 0.518. The first kappa shape index (κ1) is 20.8. The van der Waals surface area contributed by atoms with Crippen LogP contribution in [0.25, 0.3) is 0 Å². The molecule has 1 N–H and O–H groups in total. The highest BCUT2D eigenvalue weighted by atomic mass is 16.5. The van der Waals surface area contributed by atoms with Crippen molar-refractivity contribution in [1.29, 1.82) is 0 Å². The third-order valence-corrected chi connectivity index (χ3v) is 3.53. The lowest BCUT2D eigenvalue weighted by Gasteiger charge is -2.13. The van der Waals surface area contributed by atoms with E-state index in [0.29, 0.717) is 22.9 Å². The van der Waals surface area contributed by atoms with Gasteiger partial charge in [0.15, 0.2) is 23.9 Å². The van der Waals surface area contributed by atoms with Gasteiger partial charge in [-0.1, -0.05) is 6.07 Å². The second-order valence-corrected chi connectivity index (χ2v) is 5.54. The van der Waals surface area contributed by atoms with Crippen LogP contribution < -0.4 is 19.5 Å². The van der Waals surface area contributed by atoms with Gasteiger partial charge in [-0.05, 0) is 32.0 Å². The summed E-state index contributed by atoms with van der Waals surface area (Å²) >= 11 is 0. The zero-order chi connectivity index (χ0) is 20.5. The molecule has 0 aliphatic carbocycles. The maximum atomic E-state index is 12.2. The Morgan fingerprint density at radius 1 is 1.18 bits per heavy atom. The molecule has 1 heterocycles. The van der Waals surface area contributed by atoms with Gasteiger partial charge in [0.1, 0.15) is 0 Å². The van der Waals surface area contributed by atoms with Gasteiger partial charge in [-0.2, -0.15) is 5.10 Å². The van der Waals surface area contributed by atoms with Crippen LogP contribution in [0.2, 0.25) is 0 Å². The minimum atomic E-state index is -0.523. The van der Waals surface area contributed by atoms with Crippen molar-refractivity contribution in [2.45, 2.75) is 20.6 Å². The number of methoxy groups -OCH3 is 2. The zero-order valence-electron chi connectivity index (χ0n) is 16.2. The van der Waals surface area contributed by atoms with Crippen LogP contribution in [0.15, 0.2) is 42.2 Å². The molecule has 0 atom stereocenters. The molecule has 2 rings (SSSR count). The highest BCUT2D eigenvalue weighted by Gasteiger charge is 2.13. The van der Waals surface area contributed by atoms with E-state index >= 15 is 0 Å². The summed E-state index contributed by atoms with van der Waals surface area (Å²) in [5.74, 6) is 0.493. The summed E-state index contributed by atoms with van der Waals surface area (Å²) in [6.07, 6.45) is 2.80. The predicted octanol–water partition coefficient (Wildman–Crippen LogP) is 2.13. The molecule has 1 aromatic carbocycles. The Bertz CT molecular complexity index is 837. The molecule has 0 aliphatic rings. The number of carbonyl (C=O) groups is 2. The standard InChI is InChI=1S/C19H23N3O6/c1-5-27-17(23)11-13(2)20-19(24)14-9-10-22(21-14)12-28-18-15(25-3)7-6-8-16(18)26-4/h6-11H,5,12H2,1-4H3,(H,20,24)/b13-11+. The fraction of sp³-hybridized carbons (Fsp3) is 0.316. The molecule has 1 amide bonds.